The van der Waals surface area contributed by atoms with Crippen LogP contribution in [0.3, 0.4) is 0 Å². The SMILES string of the molecule is CC(C)Sc1ccccc1C(=O)NCc1ccc(OCCCC(=O)O)cc1. The van der Waals surface area contributed by atoms with Crippen molar-refractivity contribution in [2.75, 3.05) is 6.61 Å². The fraction of sp³-hybridized carbons (Fsp3) is 0.333. The Kier molecular flexibility index (Phi) is 8.20. The predicted molar refractivity (Wildman–Crippen MR) is 107 cm³/mol. The number of thioether (sulfide) groups is 1. The second-order valence-corrected chi connectivity index (χ2v) is 7.95. The molecule has 0 heterocycles. The number of carboxylic acid groups (broad SMARTS) is 1. The van der Waals surface area contributed by atoms with Crippen molar-refractivity contribution in [3.63, 3.8) is 0 Å². The Morgan fingerprint density at radius 1 is 1.11 bits per heavy atom. The Morgan fingerprint density at radius 3 is 2.48 bits per heavy atom. The van der Waals surface area contributed by atoms with Crippen molar-refractivity contribution in [2.24, 2.45) is 0 Å². The van der Waals surface area contributed by atoms with Crippen LogP contribution in [0.4, 0.5) is 0 Å². The number of nitrogens with one attached hydrogen (secondary N) is 1. The smallest absolute Gasteiger partial charge is 0.303 e. The molecule has 0 aliphatic rings. The summed E-state index contributed by atoms with van der Waals surface area (Å²) >= 11 is 1.67. The van der Waals surface area contributed by atoms with E-state index in [0.717, 1.165) is 10.5 Å². The summed E-state index contributed by atoms with van der Waals surface area (Å²) in [4.78, 5) is 24.0. The number of amides is 1. The van der Waals surface area contributed by atoms with Crippen LogP contribution in [-0.4, -0.2) is 28.8 Å². The van der Waals surface area contributed by atoms with Crippen molar-refractivity contribution in [1.82, 2.24) is 5.32 Å². The lowest BCUT2D eigenvalue weighted by atomic mass is 10.2. The van der Waals surface area contributed by atoms with Crippen molar-refractivity contribution in [3.8, 4) is 5.75 Å². The summed E-state index contributed by atoms with van der Waals surface area (Å²) in [6.07, 6.45) is 0.571. The number of carboxylic acids is 1. The van der Waals surface area contributed by atoms with Crippen LogP contribution in [-0.2, 0) is 11.3 Å². The molecule has 0 radical (unpaired) electrons. The number of hydrogen-bond donors (Lipinski definition) is 2. The first-order valence-corrected chi connectivity index (χ1v) is 9.81. The van der Waals surface area contributed by atoms with Gasteiger partial charge in [0.2, 0.25) is 0 Å². The minimum absolute atomic E-state index is 0.0900. The zero-order valence-electron chi connectivity index (χ0n) is 15.6. The van der Waals surface area contributed by atoms with Crippen LogP contribution in [0.25, 0.3) is 0 Å². The topological polar surface area (TPSA) is 75.6 Å². The molecular formula is C21H25NO4S. The second kappa shape index (κ2) is 10.6. The molecule has 2 aromatic rings. The van der Waals surface area contributed by atoms with E-state index in [0.29, 0.717) is 36.1 Å². The Labute approximate surface area is 164 Å². The molecule has 0 aliphatic heterocycles. The minimum Gasteiger partial charge on any atom is -0.494 e. The van der Waals surface area contributed by atoms with E-state index in [4.69, 9.17) is 9.84 Å². The number of benzene rings is 2. The number of rotatable bonds is 10. The molecule has 0 unspecified atom stereocenters. The largest absolute Gasteiger partial charge is 0.494 e. The molecule has 0 aliphatic carbocycles. The Bertz CT molecular complexity index is 759. The van der Waals surface area contributed by atoms with Gasteiger partial charge in [0.25, 0.3) is 5.91 Å². The number of ether oxygens (including phenoxy) is 1. The first-order valence-electron chi connectivity index (χ1n) is 8.93. The molecule has 0 bridgehead atoms. The summed E-state index contributed by atoms with van der Waals surface area (Å²) in [5, 5.41) is 12.0. The van der Waals surface area contributed by atoms with E-state index in [1.165, 1.54) is 0 Å². The van der Waals surface area contributed by atoms with E-state index in [1.54, 1.807) is 11.8 Å². The molecule has 1 amide bonds. The molecule has 27 heavy (non-hydrogen) atoms. The van der Waals surface area contributed by atoms with Gasteiger partial charge >= 0.3 is 5.97 Å². The zero-order chi connectivity index (χ0) is 19.6. The Balaban J connectivity index is 1.86. The highest BCUT2D eigenvalue weighted by atomic mass is 32.2. The molecule has 2 N–H and O–H groups in total. The monoisotopic (exact) mass is 387 g/mol. The number of carbonyl (C=O) groups is 2. The fourth-order valence-electron chi connectivity index (χ4n) is 2.41. The molecule has 6 heteroatoms. The van der Waals surface area contributed by atoms with Gasteiger partial charge in [0.05, 0.1) is 12.2 Å². The van der Waals surface area contributed by atoms with Gasteiger partial charge < -0.3 is 15.2 Å². The molecular weight excluding hydrogens is 362 g/mol. The molecule has 0 fully saturated rings. The van der Waals surface area contributed by atoms with Crippen LogP contribution in [0, 0.1) is 0 Å². The summed E-state index contributed by atoms with van der Waals surface area (Å²) in [5.74, 6) is -0.222. The molecule has 2 aromatic carbocycles. The summed E-state index contributed by atoms with van der Waals surface area (Å²) in [7, 11) is 0. The molecule has 2 rings (SSSR count). The fourth-order valence-corrected chi connectivity index (χ4v) is 3.36. The van der Waals surface area contributed by atoms with Crippen LogP contribution in [0.5, 0.6) is 5.75 Å². The highest BCUT2D eigenvalue weighted by molar-refractivity contribution is 8.00. The van der Waals surface area contributed by atoms with Crippen LogP contribution in [0.1, 0.15) is 42.6 Å². The van der Waals surface area contributed by atoms with Gasteiger partial charge in [-0.1, -0.05) is 38.1 Å². The van der Waals surface area contributed by atoms with Gasteiger partial charge in [-0.15, -0.1) is 11.8 Å². The maximum atomic E-state index is 12.5. The molecule has 0 atom stereocenters. The van der Waals surface area contributed by atoms with E-state index in [9.17, 15) is 9.59 Å². The lowest BCUT2D eigenvalue weighted by Gasteiger charge is -2.12. The maximum Gasteiger partial charge on any atom is 0.303 e. The second-order valence-electron chi connectivity index (χ2n) is 6.34. The summed E-state index contributed by atoms with van der Waals surface area (Å²) in [5.41, 5.74) is 1.66. The van der Waals surface area contributed by atoms with Crippen LogP contribution >= 0.6 is 11.8 Å². The van der Waals surface area contributed by atoms with Crippen molar-refractivity contribution < 1.29 is 19.4 Å². The lowest BCUT2D eigenvalue weighted by Crippen LogP contribution is -2.23. The quantitative estimate of drug-likeness (QED) is 0.468. The summed E-state index contributed by atoms with van der Waals surface area (Å²) < 4.78 is 5.51. The average molecular weight is 388 g/mol. The van der Waals surface area contributed by atoms with Gasteiger partial charge in [0.15, 0.2) is 0 Å². The van der Waals surface area contributed by atoms with Crippen molar-refractivity contribution in [2.45, 2.75) is 43.4 Å². The van der Waals surface area contributed by atoms with E-state index < -0.39 is 5.97 Å². The van der Waals surface area contributed by atoms with Gasteiger partial charge in [-0.05, 0) is 36.2 Å². The third kappa shape index (κ3) is 7.35. The number of aliphatic carboxylic acids is 1. The average Bonchev–Trinajstić information content (AvgIpc) is 2.64. The van der Waals surface area contributed by atoms with E-state index >= 15 is 0 Å². The lowest BCUT2D eigenvalue weighted by molar-refractivity contribution is -0.137. The van der Waals surface area contributed by atoms with Crippen molar-refractivity contribution in [1.29, 1.82) is 0 Å². The van der Waals surface area contributed by atoms with Gasteiger partial charge in [-0.2, -0.15) is 0 Å². The molecule has 144 valence electrons. The van der Waals surface area contributed by atoms with Crippen LogP contribution < -0.4 is 10.1 Å². The van der Waals surface area contributed by atoms with E-state index in [2.05, 4.69) is 19.2 Å². The molecule has 0 spiro atoms. The van der Waals surface area contributed by atoms with Crippen molar-refractivity contribution >= 4 is 23.6 Å². The Hall–Kier alpha value is -2.47. The van der Waals surface area contributed by atoms with Gasteiger partial charge in [0, 0.05) is 23.1 Å². The minimum atomic E-state index is -0.821. The highest BCUT2D eigenvalue weighted by Gasteiger charge is 2.12. The normalized spacial score (nSPS) is 10.6. The summed E-state index contributed by atoms with van der Waals surface area (Å²) in [6, 6.07) is 15.1. The molecule has 0 saturated carbocycles. The zero-order valence-corrected chi connectivity index (χ0v) is 16.4. The van der Waals surface area contributed by atoms with Crippen LogP contribution in [0.15, 0.2) is 53.4 Å². The third-order valence-electron chi connectivity index (χ3n) is 3.67. The van der Waals surface area contributed by atoms with Gasteiger partial charge in [-0.25, -0.2) is 0 Å². The standard InChI is InChI=1S/C21H25NO4S/c1-15(2)27-19-7-4-3-6-18(19)21(25)22-14-16-9-11-17(12-10-16)26-13-5-8-20(23)24/h3-4,6-7,9-12,15H,5,8,13-14H2,1-2H3,(H,22,25)(H,23,24). The van der Waals surface area contributed by atoms with E-state index in [-0.39, 0.29) is 12.3 Å². The van der Waals surface area contributed by atoms with Crippen molar-refractivity contribution in [3.05, 3.63) is 59.7 Å². The van der Waals surface area contributed by atoms with E-state index in [1.807, 2.05) is 48.5 Å². The highest BCUT2D eigenvalue weighted by Crippen LogP contribution is 2.26. The first-order chi connectivity index (χ1) is 13.0. The maximum absolute atomic E-state index is 12.5. The molecule has 0 saturated heterocycles. The predicted octanol–water partition coefficient (Wildman–Crippen LogP) is 4.36. The molecule has 5 nitrogen and oxygen atoms in total. The van der Waals surface area contributed by atoms with Gasteiger partial charge in [0.1, 0.15) is 5.75 Å². The third-order valence-corrected chi connectivity index (χ3v) is 4.76. The van der Waals surface area contributed by atoms with Crippen LogP contribution in [0.2, 0.25) is 0 Å². The Morgan fingerprint density at radius 2 is 1.81 bits per heavy atom. The number of hydrogen-bond acceptors (Lipinski definition) is 4. The summed E-state index contributed by atoms with van der Waals surface area (Å²) in [6.45, 7) is 5.00. The number of carbonyl (C=O) groups excluding carboxylic acids is 1. The first kappa shape index (κ1) is 20.8. The molecule has 0 aromatic heterocycles. The van der Waals surface area contributed by atoms with Gasteiger partial charge in [-0.3, -0.25) is 9.59 Å².